The molecular weight excluding hydrogens is 366 g/mol. The van der Waals surface area contributed by atoms with Crippen molar-refractivity contribution in [2.75, 3.05) is 14.1 Å². The molecule has 0 saturated carbocycles. The zero-order valence-corrected chi connectivity index (χ0v) is 12.9. The van der Waals surface area contributed by atoms with Gasteiger partial charge in [0.1, 0.15) is 5.57 Å². The average Bonchev–Trinajstić information content (AvgIpc) is 2.27. The summed E-state index contributed by atoms with van der Waals surface area (Å²) >= 11 is 6.49. The van der Waals surface area contributed by atoms with E-state index in [1.54, 1.807) is 32.3 Å². The van der Waals surface area contributed by atoms with E-state index in [-0.39, 0.29) is 5.57 Å². The highest BCUT2D eigenvalue weighted by atomic mass is 79.9. The summed E-state index contributed by atoms with van der Waals surface area (Å²) < 4.78 is 1.27. The molecule has 0 fully saturated rings. The third-order valence-corrected chi connectivity index (χ3v) is 3.22. The van der Waals surface area contributed by atoms with Crippen molar-refractivity contribution >= 4 is 43.6 Å². The first-order valence-corrected chi connectivity index (χ1v) is 6.53. The number of hydrogen-bond acceptors (Lipinski definition) is 3. The molecule has 0 bridgehead atoms. The summed E-state index contributed by atoms with van der Waals surface area (Å²) in [5.74, 6) is -1.79. The van der Waals surface area contributed by atoms with Crippen LogP contribution in [0.1, 0.15) is 10.4 Å². The number of carbonyl (C=O) groups is 2. The number of nitrogens with zero attached hydrogens (tertiary/aromatic N) is 1. The van der Waals surface area contributed by atoms with Crippen LogP contribution in [0.15, 0.2) is 38.9 Å². The van der Waals surface area contributed by atoms with E-state index in [9.17, 15) is 9.59 Å². The standard InChI is InChI=1S/C12H11Br2NO3/c1-15(2)6-9(12(17)18)11(16)8-5-7(13)3-4-10(8)14/h3-6H,1-2H3,(H,17,18). The fourth-order valence-corrected chi connectivity index (χ4v) is 2.07. The van der Waals surface area contributed by atoms with Crippen molar-refractivity contribution in [3.05, 3.63) is 44.5 Å². The summed E-state index contributed by atoms with van der Waals surface area (Å²) in [5, 5.41) is 9.07. The fourth-order valence-electron chi connectivity index (χ4n) is 1.29. The SMILES string of the molecule is CN(C)C=C(C(=O)O)C(=O)c1cc(Br)ccc1Br. The van der Waals surface area contributed by atoms with Gasteiger partial charge in [-0.1, -0.05) is 31.9 Å². The van der Waals surface area contributed by atoms with Gasteiger partial charge in [0.25, 0.3) is 0 Å². The minimum absolute atomic E-state index is 0.279. The van der Waals surface area contributed by atoms with Crippen molar-refractivity contribution in [2.24, 2.45) is 0 Å². The van der Waals surface area contributed by atoms with Gasteiger partial charge in [-0.3, -0.25) is 4.79 Å². The van der Waals surface area contributed by atoms with Gasteiger partial charge >= 0.3 is 5.97 Å². The van der Waals surface area contributed by atoms with Crippen molar-refractivity contribution in [2.45, 2.75) is 0 Å². The number of ketones is 1. The van der Waals surface area contributed by atoms with Gasteiger partial charge in [0.2, 0.25) is 5.78 Å². The Labute approximate surface area is 122 Å². The predicted molar refractivity (Wildman–Crippen MR) is 75.6 cm³/mol. The fraction of sp³-hybridized carbons (Fsp3) is 0.167. The molecule has 0 aromatic heterocycles. The average molecular weight is 377 g/mol. The van der Waals surface area contributed by atoms with Gasteiger partial charge in [0.15, 0.2) is 0 Å². The third kappa shape index (κ3) is 3.68. The molecule has 0 aliphatic carbocycles. The van der Waals surface area contributed by atoms with Crippen molar-refractivity contribution in [1.82, 2.24) is 4.90 Å². The maximum absolute atomic E-state index is 12.2. The first kappa shape index (κ1) is 14.9. The highest BCUT2D eigenvalue weighted by Gasteiger charge is 2.21. The molecule has 0 radical (unpaired) electrons. The van der Waals surface area contributed by atoms with Crippen molar-refractivity contribution in [1.29, 1.82) is 0 Å². The van der Waals surface area contributed by atoms with Gasteiger partial charge in [0.05, 0.1) is 0 Å². The Kier molecular flexibility index (Phi) is 5.10. The van der Waals surface area contributed by atoms with Gasteiger partial charge in [-0.25, -0.2) is 4.79 Å². The van der Waals surface area contributed by atoms with E-state index in [0.29, 0.717) is 14.5 Å². The lowest BCUT2D eigenvalue weighted by atomic mass is 10.0. The van der Waals surface area contributed by atoms with E-state index in [0.717, 1.165) is 0 Å². The molecule has 4 nitrogen and oxygen atoms in total. The van der Waals surface area contributed by atoms with Gasteiger partial charge < -0.3 is 10.0 Å². The topological polar surface area (TPSA) is 57.6 Å². The van der Waals surface area contributed by atoms with Crippen molar-refractivity contribution in [3.8, 4) is 0 Å². The molecule has 6 heteroatoms. The minimum atomic E-state index is -1.25. The lowest BCUT2D eigenvalue weighted by Gasteiger charge is -2.09. The Bertz CT molecular complexity index is 524. The summed E-state index contributed by atoms with van der Waals surface area (Å²) in [6.07, 6.45) is 1.29. The Hall–Kier alpha value is -1.14. The van der Waals surface area contributed by atoms with Crippen LogP contribution in [0.5, 0.6) is 0 Å². The summed E-state index contributed by atoms with van der Waals surface area (Å²) in [6, 6.07) is 5.03. The number of carboxylic acid groups (broad SMARTS) is 1. The summed E-state index contributed by atoms with van der Waals surface area (Å²) in [7, 11) is 3.32. The van der Waals surface area contributed by atoms with Crippen molar-refractivity contribution < 1.29 is 14.7 Å². The Balaban J connectivity index is 3.27. The molecule has 96 valence electrons. The van der Waals surface area contributed by atoms with Crippen LogP contribution in [-0.4, -0.2) is 35.9 Å². The van der Waals surface area contributed by atoms with Crippen LogP contribution in [0.25, 0.3) is 0 Å². The monoisotopic (exact) mass is 375 g/mol. The van der Waals surface area contributed by atoms with Crippen LogP contribution >= 0.6 is 31.9 Å². The molecule has 1 N–H and O–H groups in total. The van der Waals surface area contributed by atoms with Crippen LogP contribution in [0.4, 0.5) is 0 Å². The number of carbonyl (C=O) groups excluding carboxylic acids is 1. The van der Waals surface area contributed by atoms with Crippen LogP contribution in [0.3, 0.4) is 0 Å². The predicted octanol–water partition coefficient (Wildman–Crippen LogP) is 2.92. The number of carboxylic acids is 1. The van der Waals surface area contributed by atoms with Gasteiger partial charge in [0, 0.05) is 34.8 Å². The molecule has 0 aliphatic rings. The minimum Gasteiger partial charge on any atom is -0.477 e. The van der Waals surface area contributed by atoms with E-state index >= 15 is 0 Å². The molecule has 1 aromatic carbocycles. The molecule has 0 atom stereocenters. The smallest absolute Gasteiger partial charge is 0.341 e. The molecule has 1 rings (SSSR count). The molecule has 0 amide bonds. The molecule has 1 aromatic rings. The number of benzene rings is 1. The summed E-state index contributed by atoms with van der Waals surface area (Å²) in [6.45, 7) is 0. The second kappa shape index (κ2) is 6.15. The lowest BCUT2D eigenvalue weighted by molar-refractivity contribution is -0.132. The van der Waals surface area contributed by atoms with E-state index in [1.807, 2.05) is 0 Å². The Morgan fingerprint density at radius 2 is 1.89 bits per heavy atom. The lowest BCUT2D eigenvalue weighted by Crippen LogP contribution is -2.17. The van der Waals surface area contributed by atoms with Crippen LogP contribution in [0, 0.1) is 0 Å². The molecule has 0 spiro atoms. The zero-order chi connectivity index (χ0) is 13.9. The van der Waals surface area contributed by atoms with Gasteiger partial charge in [-0.2, -0.15) is 0 Å². The number of aliphatic carboxylic acids is 1. The maximum atomic E-state index is 12.2. The number of rotatable bonds is 4. The molecule has 0 unspecified atom stereocenters. The second-order valence-corrected chi connectivity index (χ2v) is 5.53. The van der Waals surface area contributed by atoms with Crippen LogP contribution in [0.2, 0.25) is 0 Å². The number of halogens is 2. The molecule has 0 heterocycles. The number of Topliss-reactive ketones (excluding diaryl/α,β-unsaturated/α-hetero) is 1. The largest absolute Gasteiger partial charge is 0.477 e. The molecule has 0 aliphatic heterocycles. The molecular formula is C12H11Br2NO3. The maximum Gasteiger partial charge on any atom is 0.341 e. The number of hydrogen-bond donors (Lipinski definition) is 1. The molecule has 18 heavy (non-hydrogen) atoms. The third-order valence-electron chi connectivity index (χ3n) is 2.04. The Morgan fingerprint density at radius 3 is 2.39 bits per heavy atom. The van der Waals surface area contributed by atoms with Crippen LogP contribution in [-0.2, 0) is 4.79 Å². The summed E-state index contributed by atoms with van der Waals surface area (Å²) in [5.41, 5.74) is 0.0266. The Morgan fingerprint density at radius 1 is 1.28 bits per heavy atom. The normalized spacial score (nSPS) is 11.2. The van der Waals surface area contributed by atoms with Gasteiger partial charge in [-0.05, 0) is 18.2 Å². The highest BCUT2D eigenvalue weighted by Crippen LogP contribution is 2.24. The first-order chi connectivity index (χ1) is 8.32. The van der Waals surface area contributed by atoms with E-state index in [2.05, 4.69) is 31.9 Å². The van der Waals surface area contributed by atoms with E-state index in [4.69, 9.17) is 5.11 Å². The van der Waals surface area contributed by atoms with E-state index in [1.165, 1.54) is 11.1 Å². The first-order valence-electron chi connectivity index (χ1n) is 4.94. The quantitative estimate of drug-likeness (QED) is 0.380. The molecule has 0 saturated heterocycles. The summed E-state index contributed by atoms with van der Waals surface area (Å²) in [4.78, 5) is 24.8. The second-order valence-electron chi connectivity index (χ2n) is 3.76. The van der Waals surface area contributed by atoms with Crippen LogP contribution < -0.4 is 0 Å². The van der Waals surface area contributed by atoms with E-state index < -0.39 is 11.8 Å². The van der Waals surface area contributed by atoms with Crippen molar-refractivity contribution in [3.63, 3.8) is 0 Å². The highest BCUT2D eigenvalue weighted by molar-refractivity contribution is 9.11. The van der Waals surface area contributed by atoms with Gasteiger partial charge in [-0.15, -0.1) is 0 Å². The zero-order valence-electron chi connectivity index (χ0n) is 9.78.